The number of fused-ring (bicyclic) bond motifs is 1. The number of amides is 1. The van der Waals surface area contributed by atoms with Crippen molar-refractivity contribution in [3.05, 3.63) is 77.5 Å². The minimum absolute atomic E-state index is 0.0514. The van der Waals surface area contributed by atoms with Gasteiger partial charge in [-0.2, -0.15) is 5.10 Å². The van der Waals surface area contributed by atoms with Crippen LogP contribution in [0.15, 0.2) is 61.2 Å². The standard InChI is InChI=1S/C22H21ClN6O/c1-15-6-10-27-13-9-24-21(20(15)27)28-11-7-17(14-28)25-22(30)19-8-12-29(26-19)18-4-2-16(23)3-5-18/h2-6,8-10,12-13,17H,7,11,14H2,1H3,(H,25,30). The van der Waals surface area contributed by atoms with Gasteiger partial charge in [-0.3, -0.25) is 4.79 Å². The summed E-state index contributed by atoms with van der Waals surface area (Å²) in [4.78, 5) is 19.6. The summed E-state index contributed by atoms with van der Waals surface area (Å²) in [5.41, 5.74) is 3.56. The van der Waals surface area contributed by atoms with Crippen LogP contribution >= 0.6 is 11.6 Å². The van der Waals surface area contributed by atoms with E-state index in [0.29, 0.717) is 10.7 Å². The molecule has 8 heteroatoms. The summed E-state index contributed by atoms with van der Waals surface area (Å²) < 4.78 is 3.76. The van der Waals surface area contributed by atoms with Crippen molar-refractivity contribution in [3.63, 3.8) is 0 Å². The monoisotopic (exact) mass is 420 g/mol. The summed E-state index contributed by atoms with van der Waals surface area (Å²) in [5, 5.41) is 8.18. The molecule has 3 aromatic heterocycles. The van der Waals surface area contributed by atoms with Crippen LogP contribution in [0.3, 0.4) is 0 Å². The largest absolute Gasteiger partial charge is 0.353 e. The summed E-state index contributed by atoms with van der Waals surface area (Å²) in [7, 11) is 0. The molecule has 0 bridgehead atoms. The second-order valence-electron chi connectivity index (χ2n) is 7.53. The van der Waals surface area contributed by atoms with Crippen molar-refractivity contribution >= 4 is 28.8 Å². The first-order chi connectivity index (χ1) is 14.6. The Balaban J connectivity index is 1.27. The van der Waals surface area contributed by atoms with Crippen LogP contribution in [0.2, 0.25) is 5.02 Å². The zero-order valence-electron chi connectivity index (χ0n) is 16.5. The van der Waals surface area contributed by atoms with Crippen LogP contribution in [0.5, 0.6) is 0 Å². The zero-order chi connectivity index (χ0) is 20.7. The molecule has 1 amide bonds. The number of nitrogens with zero attached hydrogens (tertiary/aromatic N) is 5. The maximum atomic E-state index is 12.7. The number of nitrogens with one attached hydrogen (secondary N) is 1. The number of carbonyl (C=O) groups is 1. The van der Waals surface area contributed by atoms with E-state index in [0.717, 1.165) is 36.5 Å². The molecule has 0 radical (unpaired) electrons. The van der Waals surface area contributed by atoms with Crippen molar-refractivity contribution in [1.82, 2.24) is 24.5 Å². The first-order valence-corrected chi connectivity index (χ1v) is 10.3. The predicted molar refractivity (Wildman–Crippen MR) is 117 cm³/mol. The van der Waals surface area contributed by atoms with Gasteiger partial charge in [-0.25, -0.2) is 9.67 Å². The fourth-order valence-electron chi connectivity index (χ4n) is 3.95. The number of aromatic nitrogens is 4. The average Bonchev–Trinajstić information content (AvgIpc) is 3.49. The van der Waals surface area contributed by atoms with Crippen LogP contribution in [0, 0.1) is 6.92 Å². The first kappa shape index (κ1) is 18.7. The van der Waals surface area contributed by atoms with Gasteiger partial charge in [-0.1, -0.05) is 11.6 Å². The smallest absolute Gasteiger partial charge is 0.272 e. The molecule has 5 rings (SSSR count). The molecule has 7 nitrogen and oxygen atoms in total. The Morgan fingerprint density at radius 3 is 2.80 bits per heavy atom. The van der Waals surface area contributed by atoms with Crippen LogP contribution in [0.4, 0.5) is 5.82 Å². The molecule has 1 saturated heterocycles. The molecule has 4 aromatic rings. The van der Waals surface area contributed by atoms with Gasteiger partial charge in [0.2, 0.25) is 0 Å². The Hall–Kier alpha value is -3.32. The number of hydrogen-bond donors (Lipinski definition) is 1. The third kappa shape index (κ3) is 3.41. The molecule has 1 aliphatic rings. The van der Waals surface area contributed by atoms with Gasteiger partial charge in [0.05, 0.1) is 11.2 Å². The molecule has 0 spiro atoms. The van der Waals surface area contributed by atoms with Gasteiger partial charge in [0.1, 0.15) is 0 Å². The fraction of sp³-hybridized carbons (Fsp3) is 0.227. The number of anilines is 1. The summed E-state index contributed by atoms with van der Waals surface area (Å²) in [6.07, 6.45) is 8.46. The van der Waals surface area contributed by atoms with E-state index >= 15 is 0 Å². The Morgan fingerprint density at radius 2 is 1.97 bits per heavy atom. The van der Waals surface area contributed by atoms with Gasteiger partial charge < -0.3 is 14.6 Å². The Labute approximate surface area is 178 Å². The molecule has 1 aliphatic heterocycles. The first-order valence-electron chi connectivity index (χ1n) is 9.88. The summed E-state index contributed by atoms with van der Waals surface area (Å²) in [6, 6.07) is 11.2. The van der Waals surface area contributed by atoms with Gasteiger partial charge in [-0.05, 0) is 55.3 Å². The fourth-order valence-corrected chi connectivity index (χ4v) is 4.07. The SMILES string of the molecule is Cc1ccn2ccnc(N3CCC(NC(=O)c4ccn(-c5ccc(Cl)cc5)n4)C3)c12. The number of halogens is 1. The van der Waals surface area contributed by atoms with E-state index in [9.17, 15) is 4.79 Å². The van der Waals surface area contributed by atoms with Crippen LogP contribution in [0.1, 0.15) is 22.5 Å². The number of rotatable bonds is 4. The minimum atomic E-state index is -0.167. The van der Waals surface area contributed by atoms with Gasteiger partial charge in [0.15, 0.2) is 11.5 Å². The summed E-state index contributed by atoms with van der Waals surface area (Å²) in [5.74, 6) is 0.795. The molecule has 1 unspecified atom stereocenters. The van der Waals surface area contributed by atoms with Crippen molar-refractivity contribution in [3.8, 4) is 5.69 Å². The molecular formula is C22H21ClN6O. The molecule has 1 N–H and O–H groups in total. The number of aryl methyl sites for hydroxylation is 1. The highest BCUT2D eigenvalue weighted by molar-refractivity contribution is 6.30. The zero-order valence-corrected chi connectivity index (χ0v) is 17.3. The Kier molecular flexibility index (Phi) is 4.67. The lowest BCUT2D eigenvalue weighted by Crippen LogP contribution is -2.37. The van der Waals surface area contributed by atoms with Gasteiger partial charge in [0.25, 0.3) is 5.91 Å². The average molecular weight is 421 g/mol. The molecule has 1 aromatic carbocycles. The summed E-state index contributed by atoms with van der Waals surface area (Å²) in [6.45, 7) is 3.66. The minimum Gasteiger partial charge on any atom is -0.353 e. The maximum absolute atomic E-state index is 12.7. The van der Waals surface area contributed by atoms with Crippen molar-refractivity contribution in [2.24, 2.45) is 0 Å². The molecular weight excluding hydrogens is 400 g/mol. The normalized spacial score (nSPS) is 16.3. The highest BCUT2D eigenvalue weighted by atomic mass is 35.5. The van der Waals surface area contributed by atoms with E-state index in [1.807, 2.05) is 30.7 Å². The molecule has 152 valence electrons. The third-order valence-corrected chi connectivity index (χ3v) is 5.74. The lowest BCUT2D eigenvalue weighted by Gasteiger charge is -2.19. The molecule has 0 saturated carbocycles. The van der Waals surface area contributed by atoms with E-state index in [-0.39, 0.29) is 11.9 Å². The van der Waals surface area contributed by atoms with Crippen molar-refractivity contribution in [2.75, 3.05) is 18.0 Å². The highest BCUT2D eigenvalue weighted by Crippen LogP contribution is 2.26. The van der Waals surface area contributed by atoms with E-state index in [1.54, 1.807) is 29.1 Å². The predicted octanol–water partition coefficient (Wildman–Crippen LogP) is 3.49. The van der Waals surface area contributed by atoms with Crippen molar-refractivity contribution in [2.45, 2.75) is 19.4 Å². The molecule has 0 aliphatic carbocycles. The molecule has 30 heavy (non-hydrogen) atoms. The Bertz CT molecular complexity index is 1210. The Morgan fingerprint density at radius 1 is 1.13 bits per heavy atom. The van der Waals surface area contributed by atoms with Crippen LogP contribution in [0.25, 0.3) is 11.2 Å². The third-order valence-electron chi connectivity index (χ3n) is 5.49. The molecule has 4 heterocycles. The van der Waals surface area contributed by atoms with Crippen LogP contribution < -0.4 is 10.2 Å². The van der Waals surface area contributed by atoms with Crippen LogP contribution in [-0.4, -0.2) is 44.2 Å². The van der Waals surface area contributed by atoms with E-state index < -0.39 is 0 Å². The van der Waals surface area contributed by atoms with Crippen molar-refractivity contribution < 1.29 is 4.79 Å². The quantitative estimate of drug-likeness (QED) is 0.548. The lowest BCUT2D eigenvalue weighted by molar-refractivity contribution is 0.0935. The second kappa shape index (κ2) is 7.50. The second-order valence-corrected chi connectivity index (χ2v) is 7.97. The maximum Gasteiger partial charge on any atom is 0.272 e. The van der Waals surface area contributed by atoms with Gasteiger partial charge in [0, 0.05) is 48.9 Å². The van der Waals surface area contributed by atoms with Crippen LogP contribution in [-0.2, 0) is 0 Å². The van der Waals surface area contributed by atoms with E-state index in [2.05, 4.69) is 37.7 Å². The number of benzene rings is 1. The lowest BCUT2D eigenvalue weighted by atomic mass is 10.2. The van der Waals surface area contributed by atoms with Crippen molar-refractivity contribution in [1.29, 1.82) is 0 Å². The molecule has 1 fully saturated rings. The van der Waals surface area contributed by atoms with E-state index in [4.69, 9.17) is 11.6 Å². The number of carbonyl (C=O) groups excluding carboxylic acids is 1. The molecule has 1 atom stereocenters. The number of hydrogen-bond acceptors (Lipinski definition) is 4. The van der Waals surface area contributed by atoms with E-state index in [1.165, 1.54) is 5.56 Å². The van der Waals surface area contributed by atoms with Gasteiger partial charge >= 0.3 is 0 Å². The summed E-state index contributed by atoms with van der Waals surface area (Å²) >= 11 is 5.94. The van der Waals surface area contributed by atoms with Gasteiger partial charge in [-0.15, -0.1) is 0 Å². The topological polar surface area (TPSA) is 67.5 Å². The highest BCUT2D eigenvalue weighted by Gasteiger charge is 2.27.